The summed E-state index contributed by atoms with van der Waals surface area (Å²) >= 11 is 11.7. The predicted octanol–water partition coefficient (Wildman–Crippen LogP) is 6.06. The molecule has 10 heteroatoms. The second-order valence-corrected chi connectivity index (χ2v) is 8.64. The van der Waals surface area contributed by atoms with Gasteiger partial charge in [-0.3, -0.25) is 0 Å². The first-order valence-corrected chi connectivity index (χ1v) is 11.4. The number of amides is 1. The van der Waals surface area contributed by atoms with Crippen molar-refractivity contribution in [3.8, 4) is 0 Å². The SMILES string of the molecule is COC(=O)c1cccc(CCCN2C(=O)OCC[C@@H]2/C=C/CC(F)(F)c2cc(Cl)cc(Cl)c2)n1. The van der Waals surface area contributed by atoms with Gasteiger partial charge in [0.25, 0.3) is 5.92 Å². The van der Waals surface area contributed by atoms with E-state index in [0.717, 1.165) is 0 Å². The Morgan fingerprint density at radius 3 is 2.74 bits per heavy atom. The van der Waals surface area contributed by atoms with Crippen molar-refractivity contribution in [3.05, 3.63) is 75.5 Å². The van der Waals surface area contributed by atoms with Gasteiger partial charge in [0.1, 0.15) is 5.69 Å². The molecule has 182 valence electrons. The van der Waals surface area contributed by atoms with Gasteiger partial charge in [0.05, 0.1) is 19.8 Å². The Kier molecular flexibility index (Phi) is 8.85. The third kappa shape index (κ3) is 6.90. The zero-order valence-corrected chi connectivity index (χ0v) is 20.0. The van der Waals surface area contributed by atoms with Gasteiger partial charge < -0.3 is 14.4 Å². The maximum absolute atomic E-state index is 14.6. The van der Waals surface area contributed by atoms with Gasteiger partial charge in [0.15, 0.2) is 0 Å². The molecule has 0 radical (unpaired) electrons. The quantitative estimate of drug-likeness (QED) is 0.301. The minimum atomic E-state index is -3.17. The number of methoxy groups -OCH3 is 1. The number of hydrogen-bond donors (Lipinski definition) is 0. The smallest absolute Gasteiger partial charge is 0.410 e. The molecular formula is C24H24Cl2F2N2O4. The molecule has 0 aliphatic carbocycles. The van der Waals surface area contributed by atoms with Crippen LogP contribution in [0.15, 0.2) is 48.6 Å². The van der Waals surface area contributed by atoms with Crippen molar-refractivity contribution in [2.75, 3.05) is 20.3 Å². The van der Waals surface area contributed by atoms with E-state index < -0.39 is 24.4 Å². The highest BCUT2D eigenvalue weighted by molar-refractivity contribution is 6.34. The molecule has 1 aromatic carbocycles. The fourth-order valence-electron chi connectivity index (χ4n) is 3.62. The van der Waals surface area contributed by atoms with Crippen LogP contribution in [0, 0.1) is 0 Å². The second-order valence-electron chi connectivity index (χ2n) is 7.77. The first-order chi connectivity index (χ1) is 16.2. The van der Waals surface area contributed by atoms with E-state index in [2.05, 4.69) is 9.72 Å². The summed E-state index contributed by atoms with van der Waals surface area (Å²) in [6.45, 7) is 0.561. The molecule has 3 rings (SSSR count). The van der Waals surface area contributed by atoms with E-state index >= 15 is 0 Å². The summed E-state index contributed by atoms with van der Waals surface area (Å²) < 4.78 is 39.1. The molecule has 1 aromatic heterocycles. The Balaban J connectivity index is 1.61. The summed E-state index contributed by atoms with van der Waals surface area (Å²) in [4.78, 5) is 29.7. The molecule has 0 bridgehead atoms. The first kappa shape index (κ1) is 25.9. The van der Waals surface area contributed by atoms with Crippen LogP contribution < -0.4 is 0 Å². The zero-order valence-electron chi connectivity index (χ0n) is 18.5. The molecule has 1 aliphatic rings. The van der Waals surface area contributed by atoms with Crippen molar-refractivity contribution in [1.29, 1.82) is 0 Å². The number of hydrogen-bond acceptors (Lipinski definition) is 5. The summed E-state index contributed by atoms with van der Waals surface area (Å²) in [7, 11) is 1.28. The van der Waals surface area contributed by atoms with Crippen LogP contribution in [0.5, 0.6) is 0 Å². The lowest BCUT2D eigenvalue weighted by Crippen LogP contribution is -2.45. The minimum Gasteiger partial charge on any atom is -0.464 e. The molecule has 1 aliphatic heterocycles. The molecule has 0 unspecified atom stereocenters. The Labute approximate surface area is 206 Å². The van der Waals surface area contributed by atoms with Gasteiger partial charge in [-0.1, -0.05) is 41.4 Å². The standard InChI is InChI=1S/C24H24Cl2F2N2O4/c1-33-22(31)21-8-2-5-19(29-21)6-4-11-30-20(9-12-34-23(30)32)7-3-10-24(27,28)16-13-17(25)15-18(26)14-16/h2-3,5,7-8,13-15,20H,4,6,9-12H2,1H3/b7-3+/t20-/m0/s1. The van der Waals surface area contributed by atoms with Crippen molar-refractivity contribution < 1.29 is 27.8 Å². The van der Waals surface area contributed by atoms with E-state index in [4.69, 9.17) is 27.9 Å². The summed E-state index contributed by atoms with van der Waals surface area (Å²) in [5.41, 5.74) is 0.622. The Bertz CT molecular complexity index is 1040. The van der Waals surface area contributed by atoms with Crippen LogP contribution in [0.3, 0.4) is 0 Å². The lowest BCUT2D eigenvalue weighted by atomic mass is 10.0. The number of aromatic nitrogens is 1. The van der Waals surface area contributed by atoms with Gasteiger partial charge in [0, 0.05) is 40.7 Å². The molecule has 0 spiro atoms. The van der Waals surface area contributed by atoms with Crippen LogP contribution in [0.4, 0.5) is 13.6 Å². The van der Waals surface area contributed by atoms with Crippen molar-refractivity contribution in [2.24, 2.45) is 0 Å². The number of nitrogens with zero attached hydrogens (tertiary/aromatic N) is 2. The normalized spacial score (nSPS) is 16.6. The van der Waals surface area contributed by atoms with Gasteiger partial charge >= 0.3 is 12.1 Å². The number of allylic oxidation sites excluding steroid dienone is 1. The predicted molar refractivity (Wildman–Crippen MR) is 124 cm³/mol. The molecular weight excluding hydrogens is 489 g/mol. The van der Waals surface area contributed by atoms with E-state index in [-0.39, 0.29) is 34.0 Å². The van der Waals surface area contributed by atoms with E-state index in [1.54, 1.807) is 24.3 Å². The summed E-state index contributed by atoms with van der Waals surface area (Å²) in [5, 5.41) is 0.276. The fraction of sp³-hybridized carbons (Fsp3) is 0.375. The first-order valence-electron chi connectivity index (χ1n) is 10.7. The number of rotatable bonds is 9. The van der Waals surface area contributed by atoms with E-state index in [1.807, 2.05) is 0 Å². The summed E-state index contributed by atoms with van der Waals surface area (Å²) in [6.07, 6.45) is 3.47. The van der Waals surface area contributed by atoms with Gasteiger partial charge in [0.2, 0.25) is 0 Å². The average molecular weight is 513 g/mol. The molecule has 2 heterocycles. The minimum absolute atomic E-state index is 0.138. The largest absolute Gasteiger partial charge is 0.464 e. The lowest BCUT2D eigenvalue weighted by molar-refractivity contribution is -0.00120. The number of cyclic esters (lactones) is 1. The molecule has 0 N–H and O–H groups in total. The van der Waals surface area contributed by atoms with Crippen molar-refractivity contribution in [2.45, 2.75) is 37.6 Å². The van der Waals surface area contributed by atoms with Crippen molar-refractivity contribution >= 4 is 35.3 Å². The maximum Gasteiger partial charge on any atom is 0.410 e. The van der Waals surface area contributed by atoms with Crippen molar-refractivity contribution in [3.63, 3.8) is 0 Å². The van der Waals surface area contributed by atoms with Crippen LogP contribution in [0.1, 0.15) is 41.0 Å². The molecule has 0 saturated carbocycles. The number of carbonyl (C=O) groups is 2. The molecule has 34 heavy (non-hydrogen) atoms. The third-order valence-corrected chi connectivity index (χ3v) is 5.76. The Morgan fingerprint density at radius 1 is 1.29 bits per heavy atom. The highest BCUT2D eigenvalue weighted by Gasteiger charge is 2.32. The maximum atomic E-state index is 14.6. The molecule has 1 saturated heterocycles. The van der Waals surface area contributed by atoms with E-state index in [1.165, 1.54) is 36.3 Å². The molecule has 2 aromatic rings. The van der Waals surface area contributed by atoms with Crippen LogP contribution in [0.25, 0.3) is 0 Å². The van der Waals surface area contributed by atoms with Gasteiger partial charge in [-0.15, -0.1) is 0 Å². The van der Waals surface area contributed by atoms with Crippen LogP contribution in [-0.2, 0) is 21.8 Å². The number of carbonyl (C=O) groups excluding carboxylic acids is 2. The summed E-state index contributed by atoms with van der Waals surface area (Å²) in [6, 6.07) is 8.46. The molecule has 1 fully saturated rings. The highest BCUT2D eigenvalue weighted by atomic mass is 35.5. The summed E-state index contributed by atoms with van der Waals surface area (Å²) in [5.74, 6) is -3.69. The monoisotopic (exact) mass is 512 g/mol. The van der Waals surface area contributed by atoms with E-state index in [9.17, 15) is 18.4 Å². The zero-order chi connectivity index (χ0) is 24.7. The van der Waals surface area contributed by atoms with Crippen LogP contribution >= 0.6 is 23.2 Å². The molecule has 1 amide bonds. The number of benzene rings is 1. The van der Waals surface area contributed by atoms with Gasteiger partial charge in [-0.25, -0.2) is 23.4 Å². The highest BCUT2D eigenvalue weighted by Crippen LogP contribution is 2.35. The number of alkyl halides is 2. The Morgan fingerprint density at radius 2 is 2.03 bits per heavy atom. The molecule has 1 atom stereocenters. The number of pyridine rings is 1. The number of esters is 1. The van der Waals surface area contributed by atoms with Gasteiger partial charge in [-0.05, 0) is 43.2 Å². The van der Waals surface area contributed by atoms with Gasteiger partial charge in [-0.2, -0.15) is 0 Å². The van der Waals surface area contributed by atoms with Crippen molar-refractivity contribution in [1.82, 2.24) is 9.88 Å². The van der Waals surface area contributed by atoms with Crippen LogP contribution in [0.2, 0.25) is 10.0 Å². The average Bonchev–Trinajstić information content (AvgIpc) is 2.79. The number of ether oxygens (including phenoxy) is 2. The number of halogens is 4. The molecule has 6 nitrogen and oxygen atoms in total. The van der Waals surface area contributed by atoms with E-state index in [0.29, 0.717) is 31.5 Å². The topological polar surface area (TPSA) is 68.7 Å². The fourth-order valence-corrected chi connectivity index (χ4v) is 4.15. The Hall–Kier alpha value is -2.71. The van der Waals surface area contributed by atoms with Crippen LogP contribution in [-0.4, -0.2) is 48.2 Å². The third-order valence-electron chi connectivity index (χ3n) is 5.32. The second kappa shape index (κ2) is 11.6. The lowest BCUT2D eigenvalue weighted by Gasteiger charge is -2.33. The number of aryl methyl sites for hydroxylation is 1.